The first-order valence-electron chi connectivity index (χ1n) is 10.6. The molecule has 0 aliphatic carbocycles. The highest BCUT2D eigenvalue weighted by Gasteiger charge is 2.22. The molecule has 0 saturated carbocycles. The number of nitrogens with zero attached hydrogens (tertiary/aromatic N) is 4. The second-order valence-corrected chi connectivity index (χ2v) is 7.87. The van der Waals surface area contributed by atoms with E-state index in [-0.39, 0.29) is 6.23 Å². The van der Waals surface area contributed by atoms with Crippen LogP contribution in [-0.4, -0.2) is 32.2 Å². The van der Waals surface area contributed by atoms with Gasteiger partial charge in [-0.1, -0.05) is 31.0 Å². The van der Waals surface area contributed by atoms with Gasteiger partial charge in [0.2, 0.25) is 5.95 Å². The molecule has 0 amide bonds. The van der Waals surface area contributed by atoms with Crippen molar-refractivity contribution in [2.24, 2.45) is 0 Å². The molecular weight excluding hydrogens is 364 g/mol. The minimum atomic E-state index is -0.0169. The number of ether oxygens (including phenoxy) is 1. The molecule has 1 saturated heterocycles. The van der Waals surface area contributed by atoms with Gasteiger partial charge in [-0.3, -0.25) is 4.57 Å². The molecule has 7 heteroatoms. The van der Waals surface area contributed by atoms with Gasteiger partial charge in [-0.2, -0.15) is 9.97 Å². The molecule has 154 valence electrons. The summed E-state index contributed by atoms with van der Waals surface area (Å²) < 4.78 is 8.03. The van der Waals surface area contributed by atoms with Gasteiger partial charge in [0.15, 0.2) is 17.0 Å². The van der Waals surface area contributed by atoms with Crippen LogP contribution in [0.4, 0.5) is 17.5 Å². The number of rotatable bonds is 7. The maximum Gasteiger partial charge on any atom is 0.231 e. The van der Waals surface area contributed by atoms with Crippen LogP contribution in [0.1, 0.15) is 57.7 Å². The monoisotopic (exact) mass is 394 g/mol. The van der Waals surface area contributed by atoms with E-state index in [4.69, 9.17) is 14.7 Å². The summed E-state index contributed by atoms with van der Waals surface area (Å²) in [6.45, 7) is 7.22. The number of aryl methyl sites for hydroxylation is 1. The maximum atomic E-state index is 5.98. The molecular formula is C22H30N6O. The number of aromatic nitrogens is 4. The SMILES string of the molecule is CCCC(C)Nc1nc(Nc2ccc(C)cc2)nc2c1ncn2C1CCCCO1. The second-order valence-electron chi connectivity index (χ2n) is 7.87. The van der Waals surface area contributed by atoms with Crippen molar-refractivity contribution >= 4 is 28.6 Å². The molecule has 2 atom stereocenters. The van der Waals surface area contributed by atoms with Crippen molar-refractivity contribution in [3.05, 3.63) is 36.2 Å². The summed E-state index contributed by atoms with van der Waals surface area (Å²) in [5, 5.41) is 6.87. The van der Waals surface area contributed by atoms with E-state index in [0.29, 0.717) is 12.0 Å². The largest absolute Gasteiger partial charge is 0.366 e. The third-order valence-electron chi connectivity index (χ3n) is 5.30. The summed E-state index contributed by atoms with van der Waals surface area (Å²) in [4.78, 5) is 14.2. The van der Waals surface area contributed by atoms with Crippen LogP contribution in [0.25, 0.3) is 11.2 Å². The Balaban J connectivity index is 1.72. The van der Waals surface area contributed by atoms with Crippen LogP contribution < -0.4 is 10.6 Å². The molecule has 2 N–H and O–H groups in total. The quantitative estimate of drug-likeness (QED) is 0.575. The zero-order chi connectivity index (χ0) is 20.2. The summed E-state index contributed by atoms with van der Waals surface area (Å²) in [5.41, 5.74) is 3.77. The van der Waals surface area contributed by atoms with Gasteiger partial charge < -0.3 is 15.4 Å². The fourth-order valence-corrected chi connectivity index (χ4v) is 3.73. The zero-order valence-corrected chi connectivity index (χ0v) is 17.5. The lowest BCUT2D eigenvalue weighted by Crippen LogP contribution is -2.19. The first kappa shape index (κ1) is 19.6. The summed E-state index contributed by atoms with van der Waals surface area (Å²) >= 11 is 0. The molecule has 0 bridgehead atoms. The molecule has 2 aromatic heterocycles. The zero-order valence-electron chi connectivity index (χ0n) is 17.5. The van der Waals surface area contributed by atoms with Gasteiger partial charge in [-0.05, 0) is 51.7 Å². The normalized spacial score (nSPS) is 18.0. The smallest absolute Gasteiger partial charge is 0.231 e. The average Bonchev–Trinajstić information content (AvgIpc) is 3.15. The molecule has 0 spiro atoms. The van der Waals surface area contributed by atoms with Crippen molar-refractivity contribution in [3.8, 4) is 0 Å². The second kappa shape index (κ2) is 8.78. The highest BCUT2D eigenvalue weighted by molar-refractivity contribution is 5.85. The third kappa shape index (κ3) is 4.50. The predicted molar refractivity (Wildman–Crippen MR) is 117 cm³/mol. The molecule has 7 nitrogen and oxygen atoms in total. The Bertz CT molecular complexity index is 946. The van der Waals surface area contributed by atoms with Gasteiger partial charge in [-0.15, -0.1) is 0 Å². The first-order chi connectivity index (χ1) is 14.1. The van der Waals surface area contributed by atoms with Gasteiger partial charge in [0.05, 0.1) is 6.33 Å². The van der Waals surface area contributed by atoms with E-state index < -0.39 is 0 Å². The molecule has 29 heavy (non-hydrogen) atoms. The fraction of sp³-hybridized carbons (Fsp3) is 0.500. The van der Waals surface area contributed by atoms with Crippen LogP contribution in [-0.2, 0) is 4.74 Å². The van der Waals surface area contributed by atoms with Crippen LogP contribution >= 0.6 is 0 Å². The van der Waals surface area contributed by atoms with Gasteiger partial charge in [0.25, 0.3) is 0 Å². The number of hydrogen-bond donors (Lipinski definition) is 2. The molecule has 1 aromatic carbocycles. The molecule has 1 aliphatic rings. The van der Waals surface area contributed by atoms with Crippen molar-refractivity contribution in [1.29, 1.82) is 0 Å². The first-order valence-corrected chi connectivity index (χ1v) is 10.6. The number of nitrogens with one attached hydrogen (secondary N) is 2. The summed E-state index contributed by atoms with van der Waals surface area (Å²) in [6, 6.07) is 8.53. The molecule has 3 aromatic rings. The Morgan fingerprint density at radius 2 is 2.03 bits per heavy atom. The van der Waals surface area contributed by atoms with Crippen LogP contribution in [0.15, 0.2) is 30.6 Å². The van der Waals surface area contributed by atoms with Crippen LogP contribution in [0.5, 0.6) is 0 Å². The molecule has 4 rings (SSSR count). The predicted octanol–water partition coefficient (Wildman–Crippen LogP) is 5.18. The van der Waals surface area contributed by atoms with E-state index in [1.807, 2.05) is 23.0 Å². The Kier molecular flexibility index (Phi) is 5.94. The number of anilines is 3. The highest BCUT2D eigenvalue weighted by atomic mass is 16.5. The van der Waals surface area contributed by atoms with E-state index in [1.165, 1.54) is 5.56 Å². The van der Waals surface area contributed by atoms with Crippen molar-refractivity contribution in [3.63, 3.8) is 0 Å². The topological polar surface area (TPSA) is 76.9 Å². The minimum Gasteiger partial charge on any atom is -0.366 e. The van der Waals surface area contributed by atoms with Crippen LogP contribution in [0, 0.1) is 6.92 Å². The minimum absolute atomic E-state index is 0.0169. The lowest BCUT2D eigenvalue weighted by Gasteiger charge is -2.24. The maximum absolute atomic E-state index is 5.98. The van der Waals surface area contributed by atoms with Crippen molar-refractivity contribution in [2.45, 2.75) is 65.1 Å². The van der Waals surface area contributed by atoms with Crippen LogP contribution in [0.2, 0.25) is 0 Å². The summed E-state index contributed by atoms with van der Waals surface area (Å²) in [6.07, 6.45) is 7.24. The van der Waals surface area contributed by atoms with Crippen LogP contribution in [0.3, 0.4) is 0 Å². The lowest BCUT2D eigenvalue weighted by molar-refractivity contribution is -0.0298. The summed E-state index contributed by atoms with van der Waals surface area (Å²) in [7, 11) is 0. The lowest BCUT2D eigenvalue weighted by atomic mass is 10.2. The van der Waals surface area contributed by atoms with E-state index in [2.05, 4.69) is 48.5 Å². The van der Waals surface area contributed by atoms with Gasteiger partial charge in [0.1, 0.15) is 6.23 Å². The summed E-state index contributed by atoms with van der Waals surface area (Å²) in [5.74, 6) is 1.32. The van der Waals surface area contributed by atoms with Gasteiger partial charge in [-0.25, -0.2) is 4.98 Å². The van der Waals surface area contributed by atoms with E-state index in [1.54, 1.807) is 0 Å². The van der Waals surface area contributed by atoms with Crippen molar-refractivity contribution in [2.75, 3.05) is 17.2 Å². The Hall–Kier alpha value is -2.67. The fourth-order valence-electron chi connectivity index (χ4n) is 3.73. The van der Waals surface area contributed by atoms with Gasteiger partial charge >= 0.3 is 0 Å². The molecule has 1 fully saturated rings. The Morgan fingerprint density at radius 3 is 2.76 bits per heavy atom. The molecule has 0 radical (unpaired) electrons. The highest BCUT2D eigenvalue weighted by Crippen LogP contribution is 2.29. The Morgan fingerprint density at radius 1 is 1.21 bits per heavy atom. The Labute approximate surface area is 171 Å². The average molecular weight is 395 g/mol. The number of benzene rings is 1. The number of fused-ring (bicyclic) bond motifs is 1. The third-order valence-corrected chi connectivity index (χ3v) is 5.30. The van der Waals surface area contributed by atoms with Gasteiger partial charge in [0, 0.05) is 18.3 Å². The van der Waals surface area contributed by atoms with E-state index >= 15 is 0 Å². The molecule has 3 heterocycles. The molecule has 2 unspecified atom stereocenters. The van der Waals surface area contributed by atoms with Crippen molar-refractivity contribution < 1.29 is 4.74 Å². The van der Waals surface area contributed by atoms with E-state index in [9.17, 15) is 0 Å². The number of hydrogen-bond acceptors (Lipinski definition) is 6. The van der Waals surface area contributed by atoms with E-state index in [0.717, 1.165) is 61.4 Å². The van der Waals surface area contributed by atoms with Crippen molar-refractivity contribution in [1.82, 2.24) is 19.5 Å². The number of imidazole rings is 1. The molecule has 1 aliphatic heterocycles. The standard InChI is InChI=1S/C22H30N6O/c1-4-7-16(3)24-20-19-21(28(14-23-19)18-8-5-6-13-29-18)27-22(26-20)25-17-11-9-15(2)10-12-17/h9-12,14,16,18H,4-8,13H2,1-3H3,(H2,24,25,26,27).